The molecule has 0 spiro atoms. The molecule has 0 bridgehead atoms. The Morgan fingerprint density at radius 2 is 2.00 bits per heavy atom. The van der Waals surface area contributed by atoms with Gasteiger partial charge in [0.1, 0.15) is 5.76 Å². The van der Waals surface area contributed by atoms with E-state index < -0.39 is 0 Å². The zero-order valence-corrected chi connectivity index (χ0v) is 10.7. The van der Waals surface area contributed by atoms with Crippen LogP contribution in [0.3, 0.4) is 0 Å². The van der Waals surface area contributed by atoms with Crippen LogP contribution in [0.5, 0.6) is 0 Å². The second-order valence-corrected chi connectivity index (χ2v) is 4.28. The smallest absolute Gasteiger partial charge is 0.118 e. The van der Waals surface area contributed by atoms with Gasteiger partial charge in [-0.1, -0.05) is 6.92 Å². The number of pyridine rings is 1. The minimum absolute atomic E-state index is 0.528. The molecule has 2 aromatic rings. The van der Waals surface area contributed by atoms with E-state index in [1.165, 1.54) is 5.56 Å². The third-order valence-corrected chi connectivity index (χ3v) is 2.93. The Labute approximate surface area is 107 Å². The van der Waals surface area contributed by atoms with Crippen molar-refractivity contribution in [2.75, 3.05) is 6.54 Å². The van der Waals surface area contributed by atoms with E-state index in [9.17, 15) is 0 Å². The Kier molecular flexibility index (Phi) is 4.50. The lowest BCUT2D eigenvalue weighted by Crippen LogP contribution is -2.22. The topological polar surface area (TPSA) is 55.3 Å². The normalized spacial score (nSPS) is 11.1. The Hall–Kier alpha value is -1.65. The summed E-state index contributed by atoms with van der Waals surface area (Å²) in [5.41, 5.74) is 7.88. The summed E-state index contributed by atoms with van der Waals surface area (Å²) in [6, 6.07) is 6.10. The highest BCUT2D eigenvalue weighted by molar-refractivity contribution is 5.13. The van der Waals surface area contributed by atoms with Gasteiger partial charge in [-0.25, -0.2) is 0 Å². The number of hydrogen-bond acceptors (Lipinski definition) is 4. The van der Waals surface area contributed by atoms with Crippen LogP contribution in [-0.2, 0) is 19.6 Å². The Bertz CT molecular complexity index is 467. The quantitative estimate of drug-likeness (QED) is 0.847. The molecular formula is C14H19N3O. The van der Waals surface area contributed by atoms with Gasteiger partial charge in [-0.2, -0.15) is 0 Å². The zero-order chi connectivity index (χ0) is 12.8. The standard InChI is InChI=1S/C14H19N3O/c1-2-17(9-12-3-5-16-6-4-12)10-14-7-13(8-15)11-18-14/h3-7,11H,2,8-10,15H2,1H3. The number of aromatic nitrogens is 1. The first-order valence-corrected chi connectivity index (χ1v) is 6.19. The van der Waals surface area contributed by atoms with Crippen molar-refractivity contribution in [3.63, 3.8) is 0 Å². The van der Waals surface area contributed by atoms with Gasteiger partial charge < -0.3 is 10.2 Å². The van der Waals surface area contributed by atoms with E-state index in [1.807, 2.05) is 30.6 Å². The molecule has 0 fully saturated rings. The fourth-order valence-electron chi connectivity index (χ4n) is 1.86. The maximum Gasteiger partial charge on any atom is 0.118 e. The minimum Gasteiger partial charge on any atom is -0.468 e. The van der Waals surface area contributed by atoms with E-state index in [1.54, 1.807) is 6.26 Å². The van der Waals surface area contributed by atoms with Gasteiger partial charge >= 0.3 is 0 Å². The molecule has 18 heavy (non-hydrogen) atoms. The fraction of sp³-hybridized carbons (Fsp3) is 0.357. The van der Waals surface area contributed by atoms with Crippen molar-refractivity contribution in [2.24, 2.45) is 5.73 Å². The number of nitrogens with zero attached hydrogens (tertiary/aromatic N) is 2. The summed E-state index contributed by atoms with van der Waals surface area (Å²) in [6.07, 6.45) is 5.38. The highest BCUT2D eigenvalue weighted by Crippen LogP contribution is 2.12. The van der Waals surface area contributed by atoms with Crippen molar-refractivity contribution in [1.29, 1.82) is 0 Å². The van der Waals surface area contributed by atoms with Gasteiger partial charge in [0.25, 0.3) is 0 Å². The van der Waals surface area contributed by atoms with Crippen LogP contribution in [0.15, 0.2) is 41.3 Å². The van der Waals surface area contributed by atoms with E-state index in [0.717, 1.165) is 31.0 Å². The van der Waals surface area contributed by atoms with Crippen LogP contribution in [0.4, 0.5) is 0 Å². The predicted octanol–water partition coefficient (Wildman–Crippen LogP) is 2.16. The van der Waals surface area contributed by atoms with Crippen molar-refractivity contribution < 1.29 is 4.42 Å². The zero-order valence-electron chi connectivity index (χ0n) is 10.7. The molecule has 2 N–H and O–H groups in total. The highest BCUT2D eigenvalue weighted by Gasteiger charge is 2.08. The van der Waals surface area contributed by atoms with Gasteiger partial charge in [-0.3, -0.25) is 9.88 Å². The molecule has 0 unspecified atom stereocenters. The van der Waals surface area contributed by atoms with E-state index >= 15 is 0 Å². The van der Waals surface area contributed by atoms with Crippen LogP contribution >= 0.6 is 0 Å². The summed E-state index contributed by atoms with van der Waals surface area (Å²) in [6.45, 7) is 5.35. The average molecular weight is 245 g/mol. The van der Waals surface area contributed by atoms with Crippen molar-refractivity contribution >= 4 is 0 Å². The molecule has 0 aliphatic rings. The number of rotatable bonds is 6. The SMILES string of the molecule is CCN(Cc1ccncc1)Cc1cc(CN)co1. The van der Waals surface area contributed by atoms with Crippen LogP contribution in [0.25, 0.3) is 0 Å². The summed E-state index contributed by atoms with van der Waals surface area (Å²) in [5.74, 6) is 0.964. The molecule has 0 radical (unpaired) electrons. The van der Waals surface area contributed by atoms with Gasteiger partial charge in [0, 0.05) is 31.0 Å². The molecule has 0 saturated heterocycles. The van der Waals surface area contributed by atoms with Crippen LogP contribution in [0.2, 0.25) is 0 Å². The molecule has 2 rings (SSSR count). The van der Waals surface area contributed by atoms with E-state index in [-0.39, 0.29) is 0 Å². The molecule has 96 valence electrons. The molecule has 2 aromatic heterocycles. The summed E-state index contributed by atoms with van der Waals surface area (Å²) in [5, 5.41) is 0. The molecule has 2 heterocycles. The second-order valence-electron chi connectivity index (χ2n) is 4.28. The van der Waals surface area contributed by atoms with Crippen LogP contribution in [0.1, 0.15) is 23.8 Å². The average Bonchev–Trinajstić information content (AvgIpc) is 2.87. The van der Waals surface area contributed by atoms with Crippen LogP contribution in [-0.4, -0.2) is 16.4 Å². The summed E-state index contributed by atoms with van der Waals surface area (Å²) >= 11 is 0. The predicted molar refractivity (Wildman–Crippen MR) is 70.6 cm³/mol. The maximum atomic E-state index is 5.57. The van der Waals surface area contributed by atoms with Crippen molar-refractivity contribution in [3.8, 4) is 0 Å². The van der Waals surface area contributed by atoms with Gasteiger partial charge in [-0.05, 0) is 30.3 Å². The molecule has 0 aromatic carbocycles. The molecule has 4 nitrogen and oxygen atoms in total. The number of furan rings is 1. The lowest BCUT2D eigenvalue weighted by molar-refractivity contribution is 0.247. The lowest BCUT2D eigenvalue weighted by atomic mass is 10.2. The maximum absolute atomic E-state index is 5.57. The van der Waals surface area contributed by atoms with Crippen LogP contribution < -0.4 is 5.73 Å². The summed E-state index contributed by atoms with van der Waals surface area (Å²) < 4.78 is 5.49. The number of nitrogens with two attached hydrogens (primary N) is 1. The lowest BCUT2D eigenvalue weighted by Gasteiger charge is -2.18. The van der Waals surface area contributed by atoms with Crippen LogP contribution in [0, 0.1) is 0 Å². The van der Waals surface area contributed by atoms with E-state index in [0.29, 0.717) is 6.54 Å². The van der Waals surface area contributed by atoms with E-state index in [2.05, 4.69) is 16.8 Å². The largest absolute Gasteiger partial charge is 0.468 e. The Balaban J connectivity index is 1.97. The van der Waals surface area contributed by atoms with Gasteiger partial charge in [0.05, 0.1) is 12.8 Å². The Morgan fingerprint density at radius 3 is 2.61 bits per heavy atom. The van der Waals surface area contributed by atoms with Gasteiger partial charge in [-0.15, -0.1) is 0 Å². The van der Waals surface area contributed by atoms with Gasteiger partial charge in [0.2, 0.25) is 0 Å². The minimum atomic E-state index is 0.528. The van der Waals surface area contributed by atoms with Gasteiger partial charge in [0.15, 0.2) is 0 Å². The molecule has 0 atom stereocenters. The molecule has 4 heteroatoms. The van der Waals surface area contributed by atoms with E-state index in [4.69, 9.17) is 10.2 Å². The molecule has 0 amide bonds. The van der Waals surface area contributed by atoms with Crippen molar-refractivity contribution in [1.82, 2.24) is 9.88 Å². The monoisotopic (exact) mass is 245 g/mol. The number of hydrogen-bond donors (Lipinski definition) is 1. The molecule has 0 aliphatic heterocycles. The third kappa shape index (κ3) is 3.42. The molecular weight excluding hydrogens is 226 g/mol. The Morgan fingerprint density at radius 1 is 1.22 bits per heavy atom. The first kappa shape index (κ1) is 12.8. The molecule has 0 saturated carbocycles. The summed E-state index contributed by atoms with van der Waals surface area (Å²) in [4.78, 5) is 6.34. The third-order valence-electron chi connectivity index (χ3n) is 2.93. The highest BCUT2D eigenvalue weighted by atomic mass is 16.3. The first-order valence-electron chi connectivity index (χ1n) is 6.19. The molecule has 0 aliphatic carbocycles. The second kappa shape index (κ2) is 6.33. The first-order chi connectivity index (χ1) is 8.81. The van der Waals surface area contributed by atoms with Crippen molar-refractivity contribution in [2.45, 2.75) is 26.6 Å². The van der Waals surface area contributed by atoms with Crippen molar-refractivity contribution in [3.05, 3.63) is 53.7 Å². The summed E-state index contributed by atoms with van der Waals surface area (Å²) in [7, 11) is 0. The fourth-order valence-corrected chi connectivity index (χ4v) is 1.86.